The highest BCUT2D eigenvalue weighted by atomic mass is 19.1. The Morgan fingerprint density at radius 1 is 1.27 bits per heavy atom. The minimum Gasteiger partial charge on any atom is -0.458 e. The van der Waals surface area contributed by atoms with Gasteiger partial charge in [-0.05, 0) is 67.7 Å². The number of hydrogen-bond donors (Lipinski definition) is 2. The Labute approximate surface area is 191 Å². The van der Waals surface area contributed by atoms with E-state index in [1.807, 2.05) is 6.92 Å². The fraction of sp³-hybridized carbons (Fsp3) is 0.720. The first-order valence-corrected chi connectivity index (χ1v) is 11.8. The first-order valence-electron chi connectivity index (χ1n) is 11.8. The molecule has 5 aliphatic rings. The minimum atomic E-state index is -2.16. The van der Waals surface area contributed by atoms with Gasteiger partial charge in [-0.3, -0.25) is 14.4 Å². The van der Waals surface area contributed by atoms with Crippen LogP contribution in [0.2, 0.25) is 0 Å². The van der Waals surface area contributed by atoms with Crippen molar-refractivity contribution in [3.63, 3.8) is 0 Å². The van der Waals surface area contributed by atoms with Crippen LogP contribution < -0.4 is 5.32 Å². The number of halogens is 2. The number of ether oxygens (including phenoxy) is 1. The number of fused-ring (bicyclic) bond motifs is 7. The summed E-state index contributed by atoms with van der Waals surface area (Å²) in [7, 11) is 0. The van der Waals surface area contributed by atoms with Crippen molar-refractivity contribution in [2.45, 2.75) is 58.0 Å². The highest BCUT2D eigenvalue weighted by molar-refractivity contribution is 6.01. The summed E-state index contributed by atoms with van der Waals surface area (Å²) in [6.45, 7) is 5.30. The summed E-state index contributed by atoms with van der Waals surface area (Å²) in [4.78, 5) is 36.8. The Morgan fingerprint density at radius 3 is 2.70 bits per heavy atom. The van der Waals surface area contributed by atoms with E-state index in [2.05, 4.69) is 5.32 Å². The molecule has 1 heterocycles. The summed E-state index contributed by atoms with van der Waals surface area (Å²) in [5.74, 6) is -2.41. The number of alkyl halides is 2. The third kappa shape index (κ3) is 2.62. The third-order valence-corrected chi connectivity index (χ3v) is 9.97. The number of nitrogens with one attached hydrogen (secondary N) is 1. The van der Waals surface area contributed by atoms with Gasteiger partial charge in [0, 0.05) is 24.8 Å². The zero-order valence-electron chi connectivity index (χ0n) is 19.2. The maximum atomic E-state index is 17.2. The first-order chi connectivity index (χ1) is 15.4. The standard InChI is InChI=1S/C25H31F2NO5/c1-13(29)33-11-21(32)24-12-28-10-14(24)6-16-17-8-19(26)18-7-15(30)4-5-22(18,2)25(17,27)20(31)9-23(16,24)3/h4-5,7,14,16-17,19-20,28,31H,6,8-12H2,1-3H3/t14-,16-,17?,19-,20-,22-,23-,24+,25-/m0/s1. The molecule has 1 aliphatic heterocycles. The average Bonchev–Trinajstić information content (AvgIpc) is 3.27. The van der Waals surface area contributed by atoms with Crippen molar-refractivity contribution in [3.8, 4) is 0 Å². The molecule has 0 spiro atoms. The molecule has 0 aromatic rings. The molecule has 5 rings (SSSR count). The smallest absolute Gasteiger partial charge is 0.303 e. The predicted molar refractivity (Wildman–Crippen MR) is 114 cm³/mol. The van der Waals surface area contributed by atoms with E-state index in [9.17, 15) is 19.5 Å². The van der Waals surface area contributed by atoms with Gasteiger partial charge in [0.05, 0.1) is 11.5 Å². The van der Waals surface area contributed by atoms with Crippen molar-refractivity contribution >= 4 is 17.5 Å². The number of carbonyl (C=O) groups excluding carboxylic acids is 3. The van der Waals surface area contributed by atoms with Crippen molar-refractivity contribution in [2.75, 3.05) is 19.7 Å². The number of aliphatic hydroxyl groups is 1. The van der Waals surface area contributed by atoms with Crippen molar-refractivity contribution < 1.29 is 33.0 Å². The van der Waals surface area contributed by atoms with Crippen molar-refractivity contribution in [3.05, 3.63) is 23.8 Å². The maximum Gasteiger partial charge on any atom is 0.303 e. The molecular weight excluding hydrogens is 432 g/mol. The van der Waals surface area contributed by atoms with Crippen LogP contribution in [0.3, 0.4) is 0 Å². The molecule has 9 atom stereocenters. The van der Waals surface area contributed by atoms with E-state index in [0.29, 0.717) is 19.5 Å². The Balaban J connectivity index is 1.59. The number of rotatable bonds is 3. The first kappa shape index (κ1) is 22.8. The van der Waals surface area contributed by atoms with E-state index in [4.69, 9.17) is 4.74 Å². The molecule has 4 aliphatic carbocycles. The van der Waals surface area contributed by atoms with Crippen LogP contribution >= 0.6 is 0 Å². The van der Waals surface area contributed by atoms with Gasteiger partial charge in [-0.15, -0.1) is 0 Å². The van der Waals surface area contributed by atoms with Crippen LogP contribution in [0.15, 0.2) is 23.8 Å². The van der Waals surface area contributed by atoms with Crippen molar-refractivity contribution in [1.82, 2.24) is 5.32 Å². The van der Waals surface area contributed by atoms with Crippen LogP contribution in [-0.2, 0) is 19.1 Å². The van der Waals surface area contributed by atoms with E-state index < -0.39 is 46.1 Å². The van der Waals surface area contributed by atoms with E-state index in [-0.39, 0.29) is 48.4 Å². The fourth-order valence-electron chi connectivity index (χ4n) is 8.46. The Hall–Kier alpha value is -1.93. The van der Waals surface area contributed by atoms with Gasteiger partial charge in [-0.2, -0.15) is 0 Å². The van der Waals surface area contributed by atoms with Gasteiger partial charge in [0.1, 0.15) is 6.17 Å². The van der Waals surface area contributed by atoms with Crippen LogP contribution in [0.1, 0.15) is 40.0 Å². The molecule has 2 N–H and O–H groups in total. The molecule has 0 radical (unpaired) electrons. The summed E-state index contributed by atoms with van der Waals surface area (Å²) >= 11 is 0. The molecule has 0 aromatic heterocycles. The van der Waals surface area contributed by atoms with Crippen LogP contribution in [0, 0.1) is 34.0 Å². The molecular formula is C25H31F2NO5. The number of Topliss-reactive ketones (excluding diaryl/α,β-unsaturated/α-hetero) is 1. The van der Waals surface area contributed by atoms with Gasteiger partial charge in [0.2, 0.25) is 0 Å². The molecule has 4 fully saturated rings. The summed E-state index contributed by atoms with van der Waals surface area (Å²) in [6, 6.07) is 0. The second-order valence-electron chi connectivity index (χ2n) is 11.1. The SMILES string of the molecule is CC(=O)OCC(=O)[C@@]12CNC[C@@H]1C[C@H]1C3C[C@H](F)C4=CC(=O)C=C[C@]4(C)[C@@]3(F)[C@@H](O)C[C@@]12C. The number of carbonyl (C=O) groups is 3. The molecule has 0 aromatic carbocycles. The minimum absolute atomic E-state index is 0.0380. The number of esters is 1. The summed E-state index contributed by atoms with van der Waals surface area (Å²) in [5.41, 5.74) is -5.21. The lowest BCUT2D eigenvalue weighted by molar-refractivity contribution is -0.211. The predicted octanol–water partition coefficient (Wildman–Crippen LogP) is 2.25. The maximum absolute atomic E-state index is 17.2. The molecule has 6 nitrogen and oxygen atoms in total. The van der Waals surface area contributed by atoms with Gasteiger partial charge in [0.25, 0.3) is 0 Å². The van der Waals surface area contributed by atoms with Gasteiger partial charge in [-0.1, -0.05) is 13.0 Å². The molecule has 0 amide bonds. The lowest BCUT2D eigenvalue weighted by atomic mass is 9.43. The Bertz CT molecular complexity index is 995. The highest BCUT2D eigenvalue weighted by Crippen LogP contribution is 2.73. The summed E-state index contributed by atoms with van der Waals surface area (Å²) in [5, 5.41) is 14.7. The molecule has 1 saturated heterocycles. The van der Waals surface area contributed by atoms with Gasteiger partial charge in [0.15, 0.2) is 23.8 Å². The lowest BCUT2D eigenvalue weighted by Crippen LogP contribution is -2.69. The number of allylic oxidation sites excluding steroid dienone is 4. The highest BCUT2D eigenvalue weighted by Gasteiger charge is 2.77. The van der Waals surface area contributed by atoms with Crippen LogP contribution in [-0.4, -0.2) is 60.3 Å². The Kier molecular flexibility index (Phi) is 4.87. The second-order valence-corrected chi connectivity index (χ2v) is 11.1. The quantitative estimate of drug-likeness (QED) is 0.624. The third-order valence-electron chi connectivity index (χ3n) is 9.97. The number of aliphatic hydroxyl groups excluding tert-OH is 1. The van der Waals surface area contributed by atoms with E-state index in [1.54, 1.807) is 6.92 Å². The van der Waals surface area contributed by atoms with E-state index in [0.717, 1.165) is 0 Å². The zero-order chi connectivity index (χ0) is 24.0. The van der Waals surface area contributed by atoms with Gasteiger partial charge < -0.3 is 15.2 Å². The van der Waals surface area contributed by atoms with E-state index >= 15 is 8.78 Å². The monoisotopic (exact) mass is 463 g/mol. The molecule has 33 heavy (non-hydrogen) atoms. The fourth-order valence-corrected chi connectivity index (χ4v) is 8.46. The number of ketones is 2. The van der Waals surface area contributed by atoms with Crippen molar-refractivity contribution in [1.29, 1.82) is 0 Å². The normalized spacial score (nSPS) is 50.1. The topological polar surface area (TPSA) is 92.7 Å². The average molecular weight is 464 g/mol. The number of hydrogen-bond acceptors (Lipinski definition) is 6. The van der Waals surface area contributed by atoms with Crippen molar-refractivity contribution in [2.24, 2.45) is 34.0 Å². The van der Waals surface area contributed by atoms with Gasteiger partial charge >= 0.3 is 5.97 Å². The second kappa shape index (κ2) is 7.04. The summed E-state index contributed by atoms with van der Waals surface area (Å²) < 4.78 is 37.8. The van der Waals surface area contributed by atoms with Crippen LogP contribution in [0.25, 0.3) is 0 Å². The van der Waals surface area contributed by atoms with E-state index in [1.165, 1.54) is 25.2 Å². The Morgan fingerprint density at radius 2 is 2.00 bits per heavy atom. The van der Waals surface area contributed by atoms with Crippen LogP contribution in [0.5, 0.6) is 0 Å². The van der Waals surface area contributed by atoms with Crippen LogP contribution in [0.4, 0.5) is 8.78 Å². The molecule has 3 saturated carbocycles. The molecule has 1 unspecified atom stereocenters. The molecule has 8 heteroatoms. The summed E-state index contributed by atoms with van der Waals surface area (Å²) in [6.07, 6.45) is 1.36. The lowest BCUT2D eigenvalue weighted by Gasteiger charge is -2.63. The molecule has 180 valence electrons. The molecule has 0 bridgehead atoms. The largest absolute Gasteiger partial charge is 0.458 e. The zero-order valence-corrected chi connectivity index (χ0v) is 19.2. The van der Waals surface area contributed by atoms with Gasteiger partial charge in [-0.25, -0.2) is 8.78 Å².